The van der Waals surface area contributed by atoms with Gasteiger partial charge in [-0.25, -0.2) is 27.6 Å². The molecule has 2 atom stereocenters. The summed E-state index contributed by atoms with van der Waals surface area (Å²) in [5.74, 6) is -3.76. The number of imide groups is 1. The van der Waals surface area contributed by atoms with Crippen LogP contribution in [0.25, 0.3) is 21.5 Å². The average molecular weight is 1000 g/mol. The standard InChI is InChI=1S/C48H54ClN7O11S2/c1-27(2)55-37-23-30(11-12-35(37)56(47(55)64)36-13-14-38(57)52-44(36)60)29-15-18-53(19-16-29)46(63)51-32-9-5-7-28(21-32)26-69(65,66)54-20-17-34(24-48(54,3)4)50-33-10-6-8-31(22-33)42-40(49)41(67-25-39(58)59)43(68-42)45(61)62/h5-12,21-23,27,29,34,36,50H,13-20,24-26H2,1-4H3,(H,51,63)(H,58,59)(H,61,62)(H,52,57,60)/t34-,36-/m0/s1. The van der Waals surface area contributed by atoms with E-state index in [1.165, 1.54) is 8.87 Å². The molecule has 3 fully saturated rings. The number of anilines is 2. The molecule has 0 unspecified atom stereocenters. The van der Waals surface area contributed by atoms with E-state index in [4.69, 9.17) is 21.4 Å². The molecule has 18 nitrogen and oxygen atoms in total. The van der Waals surface area contributed by atoms with Gasteiger partial charge >= 0.3 is 23.7 Å². The summed E-state index contributed by atoms with van der Waals surface area (Å²) in [7, 11) is -3.82. The summed E-state index contributed by atoms with van der Waals surface area (Å²) >= 11 is 7.40. The van der Waals surface area contributed by atoms with Gasteiger partial charge < -0.3 is 30.5 Å². The number of imidazole rings is 1. The molecule has 3 aromatic carbocycles. The van der Waals surface area contributed by atoms with E-state index >= 15 is 0 Å². The second kappa shape index (κ2) is 19.6. The maximum atomic E-state index is 14.1. The van der Waals surface area contributed by atoms with Crippen molar-refractivity contribution < 1.29 is 47.3 Å². The molecule has 3 saturated heterocycles. The van der Waals surface area contributed by atoms with E-state index in [0.717, 1.165) is 16.9 Å². The molecule has 3 aliphatic rings. The van der Waals surface area contributed by atoms with Crippen LogP contribution in [0.15, 0.2) is 71.5 Å². The lowest BCUT2D eigenvalue weighted by Crippen LogP contribution is -2.55. The molecule has 366 valence electrons. The quantitative estimate of drug-likeness (QED) is 0.0680. The number of halogens is 1. The Bertz CT molecular complexity index is 3030. The first-order valence-corrected chi connectivity index (χ1v) is 25.5. The number of urea groups is 1. The van der Waals surface area contributed by atoms with Crippen molar-refractivity contribution in [3.63, 3.8) is 0 Å². The first-order valence-electron chi connectivity index (χ1n) is 22.7. The Morgan fingerprint density at radius 1 is 0.928 bits per heavy atom. The van der Waals surface area contributed by atoms with Gasteiger partial charge in [0.15, 0.2) is 17.2 Å². The fourth-order valence-electron chi connectivity index (χ4n) is 9.88. The van der Waals surface area contributed by atoms with Crippen molar-refractivity contribution >= 4 is 85.2 Å². The number of rotatable bonds is 14. The number of carboxylic acids is 2. The largest absolute Gasteiger partial charge is 0.479 e. The number of nitrogens with one attached hydrogen (secondary N) is 3. The van der Waals surface area contributed by atoms with Crippen molar-refractivity contribution in [1.29, 1.82) is 0 Å². The first-order chi connectivity index (χ1) is 32.7. The lowest BCUT2D eigenvalue weighted by atomic mass is 9.89. The van der Waals surface area contributed by atoms with Crippen LogP contribution in [0.2, 0.25) is 5.02 Å². The second-order valence-electron chi connectivity index (χ2n) is 18.7. The van der Waals surface area contributed by atoms with E-state index in [9.17, 15) is 42.3 Å². The van der Waals surface area contributed by atoms with Crippen LogP contribution in [0.4, 0.5) is 16.2 Å². The molecular weight excluding hydrogens is 950 g/mol. The number of thiophene rings is 1. The Kier molecular flexibility index (Phi) is 14.0. The summed E-state index contributed by atoms with van der Waals surface area (Å²) in [5.41, 5.74) is 3.61. The number of fused-ring (bicyclic) bond motifs is 1. The molecule has 5 N–H and O–H groups in total. The Morgan fingerprint density at radius 2 is 1.65 bits per heavy atom. The summed E-state index contributed by atoms with van der Waals surface area (Å²) in [6.07, 6.45) is 2.75. The van der Waals surface area contributed by atoms with Crippen LogP contribution < -0.4 is 26.4 Å². The highest BCUT2D eigenvalue weighted by Gasteiger charge is 2.42. The predicted molar refractivity (Wildman–Crippen MR) is 262 cm³/mol. The molecule has 4 amide bonds. The summed E-state index contributed by atoms with van der Waals surface area (Å²) in [6, 6.07) is 18.5. The first kappa shape index (κ1) is 49.2. The number of carboxylic acid groups (broad SMARTS) is 2. The van der Waals surface area contributed by atoms with E-state index in [1.807, 2.05) is 52.0 Å². The van der Waals surface area contributed by atoms with Crippen LogP contribution in [0, 0.1) is 0 Å². The number of aromatic nitrogens is 2. The number of piperidine rings is 3. The zero-order chi connectivity index (χ0) is 49.5. The summed E-state index contributed by atoms with van der Waals surface area (Å²) < 4.78 is 38.1. The van der Waals surface area contributed by atoms with Gasteiger partial charge in [0, 0.05) is 55.1 Å². The number of sulfonamides is 1. The van der Waals surface area contributed by atoms with Crippen LogP contribution in [0.5, 0.6) is 5.75 Å². The van der Waals surface area contributed by atoms with Gasteiger partial charge in [-0.2, -0.15) is 4.31 Å². The third kappa shape index (κ3) is 10.4. The highest BCUT2D eigenvalue weighted by Crippen LogP contribution is 2.46. The SMILES string of the molecule is CC(C)n1c(=O)n([C@H]2CCC(=O)NC2=O)c2ccc(C3CCN(C(=O)Nc4cccc(CS(=O)(=O)N5CC[C@H](Nc6cccc(-c7sc(C(=O)O)c(OCC(=O)O)c7Cl)c6)CC5(C)C)c4)CC3)cc21. The molecule has 0 bridgehead atoms. The van der Waals surface area contributed by atoms with Crippen molar-refractivity contribution in [2.24, 2.45) is 0 Å². The number of benzene rings is 3. The Morgan fingerprint density at radius 3 is 2.33 bits per heavy atom. The number of amides is 4. The molecule has 8 rings (SSSR count). The molecule has 2 aromatic heterocycles. The fraction of sp³-hybridized carbons (Fsp3) is 0.417. The predicted octanol–water partition coefficient (Wildman–Crippen LogP) is 7.50. The lowest BCUT2D eigenvalue weighted by Gasteiger charge is -2.45. The highest BCUT2D eigenvalue weighted by atomic mass is 35.5. The normalized spacial score (nSPS) is 19.1. The Balaban J connectivity index is 0.869. The average Bonchev–Trinajstić information content (AvgIpc) is 3.77. The molecule has 0 radical (unpaired) electrons. The molecule has 69 heavy (non-hydrogen) atoms. The van der Waals surface area contributed by atoms with E-state index in [1.54, 1.807) is 51.9 Å². The smallest absolute Gasteiger partial charge is 0.349 e. The number of hydrogen-bond acceptors (Lipinski definition) is 11. The maximum Gasteiger partial charge on any atom is 0.349 e. The third-order valence-electron chi connectivity index (χ3n) is 13.0. The summed E-state index contributed by atoms with van der Waals surface area (Å²) in [6.45, 7) is 8.05. The maximum absolute atomic E-state index is 14.1. The zero-order valence-electron chi connectivity index (χ0n) is 38.5. The molecule has 0 aliphatic carbocycles. The van der Waals surface area contributed by atoms with Crippen LogP contribution >= 0.6 is 22.9 Å². The minimum absolute atomic E-state index is 0.00338. The molecule has 0 saturated carbocycles. The van der Waals surface area contributed by atoms with E-state index in [-0.39, 0.29) is 76.4 Å². The van der Waals surface area contributed by atoms with Crippen LogP contribution in [0.1, 0.15) is 105 Å². The number of aliphatic carboxylic acids is 1. The van der Waals surface area contributed by atoms with Gasteiger partial charge in [-0.3, -0.25) is 24.0 Å². The monoisotopic (exact) mass is 1000 g/mol. The Hall–Kier alpha value is -6.22. The third-order valence-corrected chi connectivity index (χ3v) is 16.8. The van der Waals surface area contributed by atoms with E-state index in [2.05, 4.69) is 16.0 Å². The minimum Gasteiger partial charge on any atom is -0.479 e. The number of hydrogen-bond donors (Lipinski definition) is 5. The zero-order valence-corrected chi connectivity index (χ0v) is 40.9. The van der Waals surface area contributed by atoms with Gasteiger partial charge in [-0.1, -0.05) is 41.9 Å². The lowest BCUT2D eigenvalue weighted by molar-refractivity contribution is -0.139. The van der Waals surface area contributed by atoms with Gasteiger partial charge in [0.2, 0.25) is 21.8 Å². The van der Waals surface area contributed by atoms with Crippen molar-refractivity contribution in [2.75, 3.05) is 36.9 Å². The topological polar surface area (TPSA) is 239 Å². The van der Waals surface area contributed by atoms with Crippen LogP contribution in [0.3, 0.4) is 0 Å². The van der Waals surface area contributed by atoms with E-state index < -0.39 is 46.1 Å². The molecule has 0 spiro atoms. The van der Waals surface area contributed by atoms with Crippen molar-refractivity contribution in [1.82, 2.24) is 23.7 Å². The number of ether oxygens (including phenoxy) is 1. The minimum atomic E-state index is -3.82. The molecule has 21 heteroatoms. The van der Waals surface area contributed by atoms with Gasteiger partial charge in [-0.05, 0) is 119 Å². The number of carbonyl (C=O) groups excluding carboxylic acids is 3. The second-order valence-corrected chi connectivity index (χ2v) is 22.0. The number of likely N-dealkylation sites (tertiary alicyclic amines) is 1. The fourth-order valence-corrected chi connectivity index (χ4v) is 13.3. The van der Waals surface area contributed by atoms with Gasteiger partial charge in [0.1, 0.15) is 11.1 Å². The van der Waals surface area contributed by atoms with Gasteiger partial charge in [0.25, 0.3) is 0 Å². The number of nitrogens with zero attached hydrogens (tertiary/aromatic N) is 4. The molecule has 5 aromatic rings. The summed E-state index contributed by atoms with van der Waals surface area (Å²) in [5, 5.41) is 27.6. The van der Waals surface area contributed by atoms with Crippen molar-refractivity contribution in [3.8, 4) is 16.2 Å². The molecular formula is C48H54ClN7O11S2. The highest BCUT2D eigenvalue weighted by molar-refractivity contribution is 7.88. The van der Waals surface area contributed by atoms with Crippen molar-refractivity contribution in [2.45, 2.75) is 102 Å². The molecule has 5 heterocycles. The van der Waals surface area contributed by atoms with E-state index in [0.29, 0.717) is 77.2 Å². The van der Waals surface area contributed by atoms with Crippen molar-refractivity contribution in [3.05, 3.63) is 98.2 Å². The van der Waals surface area contributed by atoms with Crippen LogP contribution in [-0.4, -0.2) is 105 Å². The van der Waals surface area contributed by atoms with Gasteiger partial charge in [-0.15, -0.1) is 11.3 Å². The van der Waals surface area contributed by atoms with Gasteiger partial charge in [0.05, 0.1) is 21.7 Å². The summed E-state index contributed by atoms with van der Waals surface area (Å²) in [4.78, 5) is 76.8. The molecule has 3 aliphatic heterocycles. The number of aromatic carboxylic acids is 1. The van der Waals surface area contributed by atoms with Crippen LogP contribution in [-0.2, 0) is 30.2 Å². The Labute approximate surface area is 407 Å². The number of carbonyl (C=O) groups is 5.